The highest BCUT2D eigenvalue weighted by Crippen LogP contribution is 2.30. The van der Waals surface area contributed by atoms with Crippen molar-refractivity contribution >= 4 is 45.6 Å². The van der Waals surface area contributed by atoms with Crippen molar-refractivity contribution in [2.24, 2.45) is 17.0 Å². The van der Waals surface area contributed by atoms with Gasteiger partial charge in [0.2, 0.25) is 0 Å². The number of rotatable bonds is 34. The number of aliphatic imine (C=N–C) groups is 2. The van der Waals surface area contributed by atoms with Crippen LogP contribution in [0.5, 0.6) is 0 Å². The molecule has 3 heteroatoms. The molecule has 0 atom stereocenters. The summed E-state index contributed by atoms with van der Waals surface area (Å²) in [6.45, 7) is 4.60. The van der Waals surface area contributed by atoms with Crippen LogP contribution in [0.1, 0.15) is 216 Å². The average Bonchev–Trinajstić information content (AvgIpc) is 3.58. The minimum absolute atomic E-state index is 1.01. The van der Waals surface area contributed by atoms with Crippen molar-refractivity contribution in [1.82, 2.24) is 4.57 Å². The van der Waals surface area contributed by atoms with Gasteiger partial charge in [0.15, 0.2) is 0 Å². The maximum atomic E-state index is 4.87. The van der Waals surface area contributed by atoms with Crippen LogP contribution in [0.2, 0.25) is 0 Å². The third-order valence-electron chi connectivity index (χ3n) is 13.3. The number of aryl methyl sites for hydroxylation is 3. The van der Waals surface area contributed by atoms with Crippen molar-refractivity contribution in [3.63, 3.8) is 0 Å². The van der Waals surface area contributed by atoms with Crippen molar-refractivity contribution in [2.45, 2.75) is 206 Å². The van der Waals surface area contributed by atoms with Gasteiger partial charge in [-0.3, -0.25) is 9.98 Å². The molecule has 0 fully saturated rings. The fourth-order valence-electron chi connectivity index (χ4n) is 9.26. The average molecular weight is 836 g/mol. The van der Waals surface area contributed by atoms with Gasteiger partial charge in [-0.1, -0.05) is 217 Å². The third kappa shape index (κ3) is 18.4. The molecular formula is C59H85N3. The summed E-state index contributed by atoms with van der Waals surface area (Å²) in [4.78, 5) is 9.74. The Morgan fingerprint density at radius 3 is 0.952 bits per heavy atom. The maximum absolute atomic E-state index is 4.87. The van der Waals surface area contributed by atoms with Gasteiger partial charge in [-0.2, -0.15) is 0 Å². The molecule has 0 N–H and O–H groups in total. The van der Waals surface area contributed by atoms with Gasteiger partial charge in [-0.05, 0) is 96.5 Å². The first-order valence-electron chi connectivity index (χ1n) is 25.9. The monoisotopic (exact) mass is 836 g/mol. The predicted molar refractivity (Wildman–Crippen MR) is 276 cm³/mol. The first-order valence-corrected chi connectivity index (χ1v) is 25.9. The third-order valence-corrected chi connectivity index (χ3v) is 13.3. The number of hydrogen-bond donors (Lipinski definition) is 0. The van der Waals surface area contributed by atoms with Gasteiger partial charge in [0.25, 0.3) is 0 Å². The van der Waals surface area contributed by atoms with E-state index in [4.69, 9.17) is 9.98 Å². The second kappa shape index (κ2) is 30.2. The summed E-state index contributed by atoms with van der Waals surface area (Å²) in [5.41, 5.74) is 9.55. The molecular weight excluding hydrogens is 751 g/mol. The summed E-state index contributed by atoms with van der Waals surface area (Å²) in [7, 11) is 2.16. The van der Waals surface area contributed by atoms with E-state index in [0.717, 1.165) is 22.5 Å². The summed E-state index contributed by atoms with van der Waals surface area (Å²) in [6.07, 6.45) is 45.7. The Kier molecular flexibility index (Phi) is 23.9. The Morgan fingerprint density at radius 2 is 0.645 bits per heavy atom. The van der Waals surface area contributed by atoms with E-state index < -0.39 is 0 Å². The lowest BCUT2D eigenvalue weighted by molar-refractivity contribution is 0.535. The topological polar surface area (TPSA) is 29.6 Å². The minimum Gasteiger partial charge on any atom is -0.344 e. The van der Waals surface area contributed by atoms with Crippen LogP contribution in [0.3, 0.4) is 0 Å². The Balaban J connectivity index is 0.994. The molecule has 5 rings (SSSR count). The van der Waals surface area contributed by atoms with Gasteiger partial charge in [-0.15, -0.1) is 0 Å². The molecule has 336 valence electrons. The largest absolute Gasteiger partial charge is 0.344 e. The van der Waals surface area contributed by atoms with E-state index in [1.54, 1.807) is 0 Å². The van der Waals surface area contributed by atoms with Crippen molar-refractivity contribution in [2.75, 3.05) is 0 Å². The molecule has 0 amide bonds. The van der Waals surface area contributed by atoms with Gasteiger partial charge in [0, 0.05) is 41.3 Å². The SMILES string of the molecule is CCCCCCCCCCCCCCCCc1ccc(N=Cc2ccc3c(c2)c2cc(C=Nc4ccc(CCCCCCCCCCCCCCCC)cc4)ccc2n3C)cc1. The van der Waals surface area contributed by atoms with Gasteiger partial charge in [-0.25, -0.2) is 0 Å². The molecule has 0 saturated carbocycles. The molecule has 62 heavy (non-hydrogen) atoms. The smallest absolute Gasteiger partial charge is 0.0630 e. The standard InChI is InChI=1S/C59H85N3/c1-4-6-8-10-12-14-16-18-20-22-24-26-28-30-32-50-34-40-54(41-35-50)60-48-52-38-44-58-56(46-52)57-47-53(39-45-59(57)62(58)3)49-61-55-42-36-51(37-43-55)33-31-29-27-25-23-21-19-17-15-13-11-9-7-5-2/h34-49H,4-33H2,1-3H3. The number of unbranched alkanes of at least 4 members (excludes halogenated alkanes) is 26. The van der Waals surface area contributed by atoms with Crippen molar-refractivity contribution in [1.29, 1.82) is 0 Å². The number of aromatic nitrogens is 1. The van der Waals surface area contributed by atoms with E-state index in [0.29, 0.717) is 0 Å². The molecule has 3 nitrogen and oxygen atoms in total. The molecule has 1 aromatic heterocycles. The minimum atomic E-state index is 1.01. The van der Waals surface area contributed by atoms with Crippen LogP contribution < -0.4 is 0 Å². The number of benzene rings is 4. The number of nitrogens with zero attached hydrogens (tertiary/aromatic N) is 3. The molecule has 0 unspecified atom stereocenters. The van der Waals surface area contributed by atoms with Crippen LogP contribution in [0, 0.1) is 0 Å². The predicted octanol–water partition coefficient (Wildman–Crippen LogP) is 18.9. The Bertz CT molecular complexity index is 1840. The quantitative estimate of drug-likeness (QED) is 0.0292. The van der Waals surface area contributed by atoms with Crippen molar-refractivity contribution in [3.8, 4) is 0 Å². The summed E-state index contributed by atoms with van der Waals surface area (Å²) < 4.78 is 2.29. The van der Waals surface area contributed by atoms with E-state index in [1.165, 1.54) is 226 Å². The van der Waals surface area contributed by atoms with Crippen molar-refractivity contribution < 1.29 is 0 Å². The molecule has 0 aliphatic carbocycles. The summed E-state index contributed by atoms with van der Waals surface area (Å²) in [5, 5.41) is 2.50. The van der Waals surface area contributed by atoms with E-state index in [2.05, 4.69) is 110 Å². The lowest BCUT2D eigenvalue weighted by Crippen LogP contribution is -1.88. The Hall–Kier alpha value is -3.98. The lowest BCUT2D eigenvalue weighted by Gasteiger charge is -2.04. The van der Waals surface area contributed by atoms with E-state index in [1.807, 2.05) is 12.4 Å². The van der Waals surface area contributed by atoms with Crippen LogP contribution in [0.4, 0.5) is 11.4 Å². The fraction of sp³-hybridized carbons (Fsp3) is 0.559. The van der Waals surface area contributed by atoms with E-state index in [-0.39, 0.29) is 0 Å². The van der Waals surface area contributed by atoms with Crippen LogP contribution in [-0.4, -0.2) is 17.0 Å². The maximum Gasteiger partial charge on any atom is 0.0630 e. The second-order valence-corrected chi connectivity index (χ2v) is 18.7. The zero-order valence-electron chi connectivity index (χ0n) is 39.8. The van der Waals surface area contributed by atoms with Gasteiger partial charge in [0.05, 0.1) is 11.4 Å². The molecule has 0 aliphatic heterocycles. The summed E-state index contributed by atoms with van der Waals surface area (Å²) in [6, 6.07) is 31.1. The highest BCUT2D eigenvalue weighted by molar-refractivity contribution is 6.11. The van der Waals surface area contributed by atoms with Gasteiger partial charge < -0.3 is 4.57 Å². The van der Waals surface area contributed by atoms with Gasteiger partial charge in [0.1, 0.15) is 0 Å². The lowest BCUT2D eigenvalue weighted by atomic mass is 10.0. The van der Waals surface area contributed by atoms with Crippen LogP contribution in [0.15, 0.2) is 94.9 Å². The molecule has 5 aromatic rings. The van der Waals surface area contributed by atoms with Crippen LogP contribution in [-0.2, 0) is 19.9 Å². The van der Waals surface area contributed by atoms with Crippen molar-refractivity contribution in [3.05, 3.63) is 107 Å². The first kappa shape index (κ1) is 49.0. The highest BCUT2D eigenvalue weighted by atomic mass is 14.9. The molecule has 0 spiro atoms. The molecule has 4 aromatic carbocycles. The molecule has 0 bridgehead atoms. The number of hydrogen-bond acceptors (Lipinski definition) is 2. The zero-order chi connectivity index (χ0) is 43.3. The molecule has 0 radical (unpaired) electrons. The van der Waals surface area contributed by atoms with Crippen LogP contribution >= 0.6 is 0 Å². The second-order valence-electron chi connectivity index (χ2n) is 18.7. The van der Waals surface area contributed by atoms with Crippen LogP contribution in [0.25, 0.3) is 21.8 Å². The summed E-state index contributed by atoms with van der Waals surface area (Å²) >= 11 is 0. The van der Waals surface area contributed by atoms with E-state index >= 15 is 0 Å². The van der Waals surface area contributed by atoms with E-state index in [9.17, 15) is 0 Å². The molecule has 0 saturated heterocycles. The molecule has 1 heterocycles. The zero-order valence-corrected chi connectivity index (χ0v) is 39.8. The Labute approximate surface area is 379 Å². The number of fused-ring (bicyclic) bond motifs is 3. The fourth-order valence-corrected chi connectivity index (χ4v) is 9.26. The highest BCUT2D eigenvalue weighted by Gasteiger charge is 2.09. The molecule has 0 aliphatic rings. The normalized spacial score (nSPS) is 12.0. The summed E-state index contributed by atoms with van der Waals surface area (Å²) in [5.74, 6) is 0. The Morgan fingerprint density at radius 1 is 0.355 bits per heavy atom. The van der Waals surface area contributed by atoms with Gasteiger partial charge >= 0.3 is 0 Å². The first-order chi connectivity index (χ1) is 30.6.